The third-order valence-corrected chi connectivity index (χ3v) is 5.90. The second kappa shape index (κ2) is 6.59. The highest BCUT2D eigenvalue weighted by atomic mass is 32.2. The van der Waals surface area contributed by atoms with Gasteiger partial charge in [-0.25, -0.2) is 0 Å². The summed E-state index contributed by atoms with van der Waals surface area (Å²) in [6, 6.07) is 1.01. The number of anilines is 1. The van der Waals surface area contributed by atoms with E-state index < -0.39 is 11.5 Å². The summed E-state index contributed by atoms with van der Waals surface area (Å²) in [5.41, 5.74) is 6.56. The first-order valence-corrected chi connectivity index (χ1v) is 9.01. The number of thiophene rings is 1. The lowest BCUT2D eigenvalue weighted by Crippen LogP contribution is -2.15. The minimum atomic E-state index is -0.755. The Hall–Kier alpha value is -2.44. The summed E-state index contributed by atoms with van der Waals surface area (Å²) in [6.07, 6.45) is 0. The second-order valence-electron chi connectivity index (χ2n) is 4.43. The van der Waals surface area contributed by atoms with Crippen molar-refractivity contribution in [2.24, 2.45) is 5.73 Å². The van der Waals surface area contributed by atoms with Crippen LogP contribution in [0.15, 0.2) is 20.6 Å². The number of aromatic amines is 1. The number of rotatable bonds is 5. The molecule has 2 amide bonds. The van der Waals surface area contributed by atoms with Crippen LogP contribution in [-0.4, -0.2) is 37.9 Å². The van der Waals surface area contributed by atoms with Crippen molar-refractivity contribution in [3.8, 4) is 5.75 Å². The van der Waals surface area contributed by atoms with E-state index in [4.69, 9.17) is 5.73 Å². The number of pyridine rings is 1. The second-order valence-corrected chi connectivity index (χ2v) is 7.53. The van der Waals surface area contributed by atoms with Crippen LogP contribution in [0.4, 0.5) is 5.13 Å². The molecule has 0 radical (unpaired) electrons. The van der Waals surface area contributed by atoms with Gasteiger partial charge in [0.1, 0.15) is 11.3 Å². The fourth-order valence-electron chi connectivity index (χ4n) is 1.90. The smallest absolute Gasteiger partial charge is 0.252 e. The van der Waals surface area contributed by atoms with Crippen molar-refractivity contribution >= 4 is 61.6 Å². The lowest BCUT2D eigenvalue weighted by Gasteiger charge is -2.01. The molecule has 5 N–H and O–H groups in total. The van der Waals surface area contributed by atoms with Gasteiger partial charge in [0.25, 0.3) is 11.5 Å². The van der Waals surface area contributed by atoms with E-state index in [0.717, 1.165) is 29.2 Å². The van der Waals surface area contributed by atoms with Gasteiger partial charge in [-0.15, -0.1) is 33.3 Å². The van der Waals surface area contributed by atoms with Gasteiger partial charge in [0.2, 0.25) is 11.0 Å². The minimum Gasteiger partial charge on any atom is -0.506 e. The van der Waals surface area contributed by atoms with Crippen LogP contribution in [0.1, 0.15) is 10.4 Å². The third-order valence-electron chi connectivity index (χ3n) is 2.81. The number of amides is 2. The zero-order valence-corrected chi connectivity index (χ0v) is 14.2. The Labute approximate surface area is 145 Å². The number of primary amides is 1. The summed E-state index contributed by atoms with van der Waals surface area (Å²) in [6.45, 7) is 0. The molecule has 3 aromatic rings. The molecule has 3 rings (SSSR count). The van der Waals surface area contributed by atoms with Crippen LogP contribution in [0.2, 0.25) is 0 Å². The number of aromatic hydroxyl groups is 1. The Morgan fingerprint density at radius 3 is 2.92 bits per heavy atom. The number of aromatic nitrogens is 3. The van der Waals surface area contributed by atoms with Crippen molar-refractivity contribution in [3.63, 3.8) is 0 Å². The number of carbonyl (C=O) groups is 2. The quantitative estimate of drug-likeness (QED) is 0.479. The van der Waals surface area contributed by atoms with Gasteiger partial charge in [-0.1, -0.05) is 11.3 Å². The first-order valence-electron chi connectivity index (χ1n) is 6.33. The van der Waals surface area contributed by atoms with Crippen LogP contribution < -0.4 is 16.6 Å². The number of thioether (sulfide) groups is 1. The Morgan fingerprint density at radius 2 is 2.25 bits per heavy atom. The van der Waals surface area contributed by atoms with Gasteiger partial charge in [-0.05, 0) is 0 Å². The average Bonchev–Trinajstić information content (AvgIpc) is 3.12. The van der Waals surface area contributed by atoms with E-state index in [0.29, 0.717) is 14.0 Å². The van der Waals surface area contributed by atoms with Crippen LogP contribution in [0.5, 0.6) is 5.75 Å². The lowest BCUT2D eigenvalue weighted by molar-refractivity contribution is -0.113. The monoisotopic (exact) mass is 383 g/mol. The van der Waals surface area contributed by atoms with E-state index in [1.54, 1.807) is 0 Å². The van der Waals surface area contributed by atoms with Crippen LogP contribution in [0.3, 0.4) is 0 Å². The highest BCUT2D eigenvalue weighted by Crippen LogP contribution is 2.40. The van der Waals surface area contributed by atoms with Crippen LogP contribution in [0, 0.1) is 0 Å². The number of carbonyl (C=O) groups excluding carboxylic acids is 2. The topological polar surface area (TPSA) is 151 Å². The molecular formula is C12H9N5O4S3. The largest absolute Gasteiger partial charge is 0.506 e. The molecule has 124 valence electrons. The van der Waals surface area contributed by atoms with Gasteiger partial charge in [-0.2, -0.15) is 0 Å². The van der Waals surface area contributed by atoms with Crippen LogP contribution in [0.25, 0.3) is 10.2 Å². The number of fused-ring (bicyclic) bond motifs is 1. The maximum absolute atomic E-state index is 11.9. The molecule has 24 heavy (non-hydrogen) atoms. The fraction of sp³-hybridized carbons (Fsp3) is 0.0833. The summed E-state index contributed by atoms with van der Waals surface area (Å²) in [5, 5.41) is 20.1. The van der Waals surface area contributed by atoms with Gasteiger partial charge in [0, 0.05) is 6.07 Å². The Balaban J connectivity index is 1.87. The molecule has 0 unspecified atom stereocenters. The third kappa shape index (κ3) is 3.25. The zero-order valence-electron chi connectivity index (χ0n) is 11.7. The van der Waals surface area contributed by atoms with Crippen LogP contribution in [-0.2, 0) is 4.79 Å². The number of hydrogen-bond donors (Lipinski definition) is 4. The normalized spacial score (nSPS) is 10.8. The maximum atomic E-state index is 11.9. The number of hydrogen-bond acceptors (Lipinski definition) is 9. The van der Waals surface area contributed by atoms with Crippen LogP contribution >= 0.6 is 34.4 Å². The van der Waals surface area contributed by atoms with Gasteiger partial charge < -0.3 is 15.8 Å². The Morgan fingerprint density at radius 1 is 1.46 bits per heavy atom. The summed E-state index contributed by atoms with van der Waals surface area (Å²) in [4.78, 5) is 37.6. The van der Waals surface area contributed by atoms with Crippen molar-refractivity contribution in [2.45, 2.75) is 4.21 Å². The van der Waals surface area contributed by atoms with Crippen molar-refractivity contribution < 1.29 is 14.7 Å². The molecule has 0 atom stereocenters. The van der Waals surface area contributed by atoms with Gasteiger partial charge in [0.05, 0.1) is 25.7 Å². The minimum absolute atomic E-state index is 0.00231. The SMILES string of the molecule is NC(=O)c1c(SCC(=O)Nc2nncs2)sc2c(O)cc(=O)[nH]c12. The summed E-state index contributed by atoms with van der Waals surface area (Å²) in [7, 11) is 0. The zero-order chi connectivity index (χ0) is 17.3. The van der Waals surface area contributed by atoms with E-state index in [1.807, 2.05) is 0 Å². The first-order chi connectivity index (χ1) is 11.5. The Kier molecular flexibility index (Phi) is 4.51. The van der Waals surface area contributed by atoms with Gasteiger partial charge in [0.15, 0.2) is 0 Å². The molecule has 0 aromatic carbocycles. The molecule has 0 aliphatic heterocycles. The van der Waals surface area contributed by atoms with Crippen molar-refractivity contribution in [1.82, 2.24) is 15.2 Å². The average molecular weight is 383 g/mol. The number of nitrogens with zero attached hydrogens (tertiary/aromatic N) is 2. The Bertz CT molecular complexity index is 979. The fourth-order valence-corrected chi connectivity index (χ4v) is 4.61. The molecule has 3 aromatic heterocycles. The predicted octanol–water partition coefficient (Wildman–Crippen LogP) is 0.976. The molecule has 0 spiro atoms. The predicted molar refractivity (Wildman–Crippen MR) is 91.9 cm³/mol. The molecule has 3 heterocycles. The molecule has 0 aliphatic carbocycles. The lowest BCUT2D eigenvalue weighted by atomic mass is 10.2. The molecule has 0 saturated carbocycles. The highest BCUT2D eigenvalue weighted by Gasteiger charge is 2.21. The van der Waals surface area contributed by atoms with E-state index in [-0.39, 0.29) is 28.5 Å². The van der Waals surface area contributed by atoms with E-state index >= 15 is 0 Å². The molecule has 0 aliphatic rings. The highest BCUT2D eigenvalue weighted by molar-refractivity contribution is 8.02. The molecule has 0 fully saturated rings. The van der Waals surface area contributed by atoms with Gasteiger partial charge in [-0.3, -0.25) is 19.7 Å². The maximum Gasteiger partial charge on any atom is 0.252 e. The number of nitrogens with two attached hydrogens (primary N) is 1. The number of H-pyrrole nitrogens is 1. The van der Waals surface area contributed by atoms with E-state index in [1.165, 1.54) is 16.8 Å². The molecule has 9 nitrogen and oxygen atoms in total. The summed E-state index contributed by atoms with van der Waals surface area (Å²) in [5.74, 6) is -1.33. The summed E-state index contributed by atoms with van der Waals surface area (Å²) >= 11 is 3.33. The first kappa shape index (κ1) is 16.4. The van der Waals surface area contributed by atoms with E-state index in [2.05, 4.69) is 20.5 Å². The van der Waals surface area contributed by atoms with E-state index in [9.17, 15) is 19.5 Å². The molecule has 0 saturated heterocycles. The summed E-state index contributed by atoms with van der Waals surface area (Å²) < 4.78 is 0.762. The van der Waals surface area contributed by atoms with Crippen molar-refractivity contribution in [3.05, 3.63) is 27.5 Å². The molecule has 0 bridgehead atoms. The number of nitrogens with one attached hydrogen (secondary N) is 2. The van der Waals surface area contributed by atoms with Gasteiger partial charge >= 0.3 is 0 Å². The van der Waals surface area contributed by atoms with Crippen molar-refractivity contribution in [2.75, 3.05) is 11.1 Å². The molecule has 12 heteroatoms. The van der Waals surface area contributed by atoms with Crippen molar-refractivity contribution in [1.29, 1.82) is 0 Å². The molecular weight excluding hydrogens is 374 g/mol. The standard InChI is InChI=1S/C12H9N5O4S3/c13-10(21)7-8-9(4(18)1-5(19)15-8)24-11(7)22-2-6(20)16-12-17-14-3-23-12/h1,3H,2H2,(H2,13,21)(H2,15,18,19)(H,16,17,20).